The standard InChI is InChI=1S/C24H31F4NO2/c1-2-24(27,28)14-29-8-5-15(6-9-29)19-11-17(19)7-10-31-18-12-20(25)22(21(26)13-18)23(30)16-3-4-16/h12-13,15-17,19H,2-11,14H2,1H3/t17-,19-/m1/s1. The molecule has 1 aromatic rings. The number of carbonyl (C=O) groups is 1. The van der Waals surface area contributed by atoms with Gasteiger partial charge in [0.1, 0.15) is 17.4 Å². The fourth-order valence-corrected chi connectivity index (χ4v) is 4.90. The fourth-order valence-electron chi connectivity index (χ4n) is 4.90. The smallest absolute Gasteiger partial charge is 0.260 e. The first-order valence-corrected chi connectivity index (χ1v) is 11.5. The molecule has 2 aliphatic carbocycles. The van der Waals surface area contributed by atoms with Gasteiger partial charge < -0.3 is 4.74 Å². The first kappa shape index (κ1) is 22.6. The molecule has 0 radical (unpaired) electrons. The van der Waals surface area contributed by atoms with E-state index in [0.29, 0.717) is 37.2 Å². The number of nitrogens with zero attached hydrogens (tertiary/aromatic N) is 1. The molecule has 0 bridgehead atoms. The summed E-state index contributed by atoms with van der Waals surface area (Å²) >= 11 is 0. The third-order valence-electron chi connectivity index (χ3n) is 7.15. The molecule has 172 valence electrons. The molecule has 31 heavy (non-hydrogen) atoms. The number of Topliss-reactive ketones (excluding diaryl/α,β-unsaturated/α-hetero) is 1. The molecule has 3 fully saturated rings. The van der Waals surface area contributed by atoms with Crippen LogP contribution in [0.5, 0.6) is 5.75 Å². The van der Waals surface area contributed by atoms with Crippen LogP contribution in [-0.4, -0.2) is 42.8 Å². The van der Waals surface area contributed by atoms with E-state index < -0.39 is 28.9 Å². The minimum absolute atomic E-state index is 0.115. The first-order valence-electron chi connectivity index (χ1n) is 11.5. The van der Waals surface area contributed by atoms with Gasteiger partial charge in [-0.05, 0) is 69.4 Å². The summed E-state index contributed by atoms with van der Waals surface area (Å²) in [5, 5.41) is 0. The number of rotatable bonds is 10. The fraction of sp³-hybridized carbons (Fsp3) is 0.708. The summed E-state index contributed by atoms with van der Waals surface area (Å²) in [6, 6.07) is 2.20. The highest BCUT2D eigenvalue weighted by Gasteiger charge is 2.43. The lowest BCUT2D eigenvalue weighted by atomic mass is 9.90. The topological polar surface area (TPSA) is 29.5 Å². The number of hydrogen-bond acceptors (Lipinski definition) is 3. The summed E-state index contributed by atoms with van der Waals surface area (Å²) in [5.74, 6) is -3.18. The Bertz CT molecular complexity index is 780. The number of ether oxygens (including phenoxy) is 1. The molecule has 1 saturated heterocycles. The average molecular weight is 442 g/mol. The van der Waals surface area contributed by atoms with Gasteiger partial charge in [0, 0.05) is 24.5 Å². The number of carbonyl (C=O) groups excluding carboxylic acids is 1. The van der Waals surface area contributed by atoms with E-state index in [2.05, 4.69) is 0 Å². The average Bonchev–Trinajstić information content (AvgIpc) is 3.62. The molecule has 0 aromatic heterocycles. The summed E-state index contributed by atoms with van der Waals surface area (Å²) < 4.78 is 61.2. The number of hydrogen-bond donors (Lipinski definition) is 0. The Morgan fingerprint density at radius 1 is 1.13 bits per heavy atom. The molecule has 1 heterocycles. The van der Waals surface area contributed by atoms with Crippen molar-refractivity contribution in [2.45, 2.75) is 57.8 Å². The van der Waals surface area contributed by atoms with Crippen LogP contribution in [0, 0.1) is 35.3 Å². The second kappa shape index (κ2) is 9.08. The molecule has 3 aliphatic rings. The lowest BCUT2D eigenvalue weighted by Crippen LogP contribution is -2.41. The van der Waals surface area contributed by atoms with Gasteiger partial charge in [-0.3, -0.25) is 9.69 Å². The number of halogens is 4. The molecule has 4 rings (SSSR count). The molecule has 0 spiro atoms. The van der Waals surface area contributed by atoms with E-state index in [1.807, 2.05) is 4.90 Å². The maximum Gasteiger partial charge on any atom is 0.260 e. The van der Waals surface area contributed by atoms with Crippen molar-refractivity contribution in [3.05, 3.63) is 29.3 Å². The van der Waals surface area contributed by atoms with Crippen LogP contribution in [-0.2, 0) is 0 Å². The molecular weight excluding hydrogens is 410 g/mol. The lowest BCUT2D eigenvalue weighted by molar-refractivity contribution is -0.0424. The van der Waals surface area contributed by atoms with Gasteiger partial charge in [0.05, 0.1) is 18.7 Å². The Labute approximate surface area is 181 Å². The third-order valence-corrected chi connectivity index (χ3v) is 7.15. The molecule has 2 saturated carbocycles. The predicted octanol–water partition coefficient (Wildman–Crippen LogP) is 5.72. The van der Waals surface area contributed by atoms with Crippen LogP contribution in [0.2, 0.25) is 0 Å². The largest absolute Gasteiger partial charge is 0.493 e. The number of likely N-dealkylation sites (tertiary alicyclic amines) is 1. The first-order chi connectivity index (χ1) is 14.8. The van der Waals surface area contributed by atoms with Crippen molar-refractivity contribution in [1.29, 1.82) is 0 Å². The molecule has 1 aliphatic heterocycles. The minimum Gasteiger partial charge on any atom is -0.493 e. The molecule has 0 unspecified atom stereocenters. The van der Waals surface area contributed by atoms with Gasteiger partial charge in [-0.1, -0.05) is 6.92 Å². The van der Waals surface area contributed by atoms with Crippen LogP contribution in [0.4, 0.5) is 17.6 Å². The van der Waals surface area contributed by atoms with Gasteiger partial charge in [-0.2, -0.15) is 0 Å². The number of ketones is 1. The zero-order valence-electron chi connectivity index (χ0n) is 18.0. The Morgan fingerprint density at radius 2 is 1.77 bits per heavy atom. The van der Waals surface area contributed by atoms with E-state index >= 15 is 0 Å². The molecule has 3 nitrogen and oxygen atoms in total. The second-order valence-corrected chi connectivity index (χ2v) is 9.52. The SMILES string of the molecule is CCC(F)(F)CN1CCC([C@H]2C[C@H]2CCOc2cc(F)c(C(=O)C3CC3)c(F)c2)CC1. The van der Waals surface area contributed by atoms with Crippen molar-refractivity contribution in [2.24, 2.45) is 23.7 Å². The number of benzene rings is 1. The highest BCUT2D eigenvalue weighted by molar-refractivity contribution is 5.99. The minimum atomic E-state index is -2.60. The van der Waals surface area contributed by atoms with Crippen molar-refractivity contribution >= 4 is 5.78 Å². The summed E-state index contributed by atoms with van der Waals surface area (Å²) in [7, 11) is 0. The Morgan fingerprint density at radius 3 is 2.35 bits per heavy atom. The van der Waals surface area contributed by atoms with Crippen LogP contribution in [0.25, 0.3) is 0 Å². The van der Waals surface area contributed by atoms with Gasteiger partial charge in [0.2, 0.25) is 0 Å². The number of alkyl halides is 2. The van der Waals surface area contributed by atoms with E-state index in [9.17, 15) is 22.4 Å². The Balaban J connectivity index is 1.19. The van der Waals surface area contributed by atoms with E-state index in [1.165, 1.54) is 6.92 Å². The van der Waals surface area contributed by atoms with Crippen molar-refractivity contribution in [2.75, 3.05) is 26.2 Å². The van der Waals surface area contributed by atoms with Gasteiger partial charge in [0.25, 0.3) is 5.92 Å². The zero-order valence-corrected chi connectivity index (χ0v) is 18.0. The van der Waals surface area contributed by atoms with Crippen molar-refractivity contribution in [3.8, 4) is 5.75 Å². The molecule has 2 atom stereocenters. The normalized spacial score (nSPS) is 24.9. The lowest BCUT2D eigenvalue weighted by Gasteiger charge is -2.34. The second-order valence-electron chi connectivity index (χ2n) is 9.52. The van der Waals surface area contributed by atoms with E-state index in [0.717, 1.165) is 50.9 Å². The van der Waals surface area contributed by atoms with Gasteiger partial charge >= 0.3 is 0 Å². The molecule has 0 N–H and O–H groups in total. The zero-order chi connectivity index (χ0) is 22.2. The van der Waals surface area contributed by atoms with Gasteiger partial charge in [-0.25, -0.2) is 17.6 Å². The van der Waals surface area contributed by atoms with Crippen LogP contribution >= 0.6 is 0 Å². The molecule has 0 amide bonds. The summed E-state index contributed by atoms with van der Waals surface area (Å²) in [4.78, 5) is 13.9. The quantitative estimate of drug-likeness (QED) is 0.344. The highest BCUT2D eigenvalue weighted by atomic mass is 19.3. The van der Waals surface area contributed by atoms with Crippen molar-refractivity contribution < 1.29 is 27.1 Å². The van der Waals surface area contributed by atoms with Crippen molar-refractivity contribution in [1.82, 2.24) is 4.90 Å². The van der Waals surface area contributed by atoms with Crippen molar-refractivity contribution in [3.63, 3.8) is 0 Å². The van der Waals surface area contributed by atoms with E-state index in [1.54, 1.807) is 0 Å². The summed E-state index contributed by atoms with van der Waals surface area (Å²) in [5.41, 5.74) is -0.444. The third kappa shape index (κ3) is 5.60. The van der Waals surface area contributed by atoms with Crippen LogP contribution in [0.1, 0.15) is 62.2 Å². The van der Waals surface area contributed by atoms with Crippen LogP contribution < -0.4 is 4.74 Å². The molecule has 1 aromatic carbocycles. The monoisotopic (exact) mass is 441 g/mol. The Hall–Kier alpha value is -1.63. The maximum absolute atomic E-state index is 14.2. The Kier molecular flexibility index (Phi) is 6.61. The number of piperidine rings is 1. The van der Waals surface area contributed by atoms with Gasteiger partial charge in [0.15, 0.2) is 5.78 Å². The highest BCUT2D eigenvalue weighted by Crippen LogP contribution is 2.50. The van der Waals surface area contributed by atoms with Crippen LogP contribution in [0.15, 0.2) is 12.1 Å². The summed E-state index contributed by atoms with van der Waals surface area (Å²) in [6.07, 6.45) is 5.10. The predicted molar refractivity (Wildman–Crippen MR) is 110 cm³/mol. The molecule has 7 heteroatoms. The van der Waals surface area contributed by atoms with Gasteiger partial charge in [-0.15, -0.1) is 0 Å². The van der Waals surface area contributed by atoms with E-state index in [4.69, 9.17) is 4.74 Å². The van der Waals surface area contributed by atoms with Crippen LogP contribution in [0.3, 0.4) is 0 Å². The summed E-state index contributed by atoms with van der Waals surface area (Å²) in [6.45, 7) is 3.21. The molecular formula is C24H31F4NO2. The maximum atomic E-state index is 14.2. The van der Waals surface area contributed by atoms with E-state index in [-0.39, 0.29) is 24.6 Å².